The Kier molecular flexibility index (Phi) is 6.28. The van der Waals surface area contributed by atoms with Gasteiger partial charge in [0.15, 0.2) is 0 Å². The average molecular weight is 266 g/mol. The van der Waals surface area contributed by atoms with Gasteiger partial charge in [-0.3, -0.25) is 9.59 Å². The summed E-state index contributed by atoms with van der Waals surface area (Å²) in [7, 11) is 0. The summed E-state index contributed by atoms with van der Waals surface area (Å²) in [6, 6.07) is 7.55. The molecule has 0 saturated heterocycles. The number of hydrogen-bond acceptors (Lipinski definition) is 3. The highest BCUT2D eigenvalue weighted by atomic mass is 32.2. The van der Waals surface area contributed by atoms with Gasteiger partial charge in [0.2, 0.25) is 5.91 Å². The van der Waals surface area contributed by atoms with Gasteiger partial charge in [-0.15, -0.1) is 0 Å². The van der Waals surface area contributed by atoms with Gasteiger partial charge in [0.1, 0.15) is 0 Å². The molecule has 0 unspecified atom stereocenters. The molecule has 0 aliphatic rings. The van der Waals surface area contributed by atoms with Gasteiger partial charge in [-0.2, -0.15) is 11.8 Å². The van der Waals surface area contributed by atoms with E-state index in [2.05, 4.69) is 10.6 Å². The molecule has 0 aromatic heterocycles. The smallest absolute Gasteiger partial charge is 0.251 e. The maximum atomic E-state index is 11.7. The van der Waals surface area contributed by atoms with Crippen molar-refractivity contribution in [1.82, 2.24) is 10.6 Å². The number of benzene rings is 1. The lowest BCUT2D eigenvalue weighted by atomic mass is 10.1. The number of carbonyl (C=O) groups excluding carboxylic acids is 2. The van der Waals surface area contributed by atoms with Crippen molar-refractivity contribution in [2.75, 3.05) is 19.3 Å². The molecule has 5 heteroatoms. The largest absolute Gasteiger partial charge is 0.355 e. The van der Waals surface area contributed by atoms with Crippen LogP contribution >= 0.6 is 11.8 Å². The molecule has 1 aromatic rings. The zero-order chi connectivity index (χ0) is 13.4. The molecule has 0 heterocycles. The van der Waals surface area contributed by atoms with Crippen LogP contribution in [0.25, 0.3) is 0 Å². The van der Waals surface area contributed by atoms with E-state index in [1.807, 2.05) is 30.5 Å². The van der Waals surface area contributed by atoms with E-state index >= 15 is 0 Å². The molecule has 1 rings (SSSR count). The number of rotatable bonds is 6. The Morgan fingerprint density at radius 2 is 1.72 bits per heavy atom. The van der Waals surface area contributed by atoms with Crippen molar-refractivity contribution in [1.29, 1.82) is 0 Å². The third kappa shape index (κ3) is 5.23. The molecule has 2 N–H and O–H groups in total. The highest BCUT2D eigenvalue weighted by Gasteiger charge is 2.04. The van der Waals surface area contributed by atoms with Crippen LogP contribution in [0.4, 0.5) is 0 Å². The minimum atomic E-state index is -0.115. The van der Waals surface area contributed by atoms with Crippen LogP contribution in [-0.4, -0.2) is 31.2 Å². The van der Waals surface area contributed by atoms with E-state index in [1.165, 1.54) is 12.5 Å². The lowest BCUT2D eigenvalue weighted by molar-refractivity contribution is -0.118. The third-order valence-corrected chi connectivity index (χ3v) is 2.93. The maximum Gasteiger partial charge on any atom is 0.251 e. The van der Waals surface area contributed by atoms with Crippen molar-refractivity contribution in [2.45, 2.75) is 12.7 Å². The van der Waals surface area contributed by atoms with Crippen LogP contribution in [0.15, 0.2) is 24.3 Å². The number of nitrogens with one attached hydrogen (secondary N) is 2. The molecule has 0 spiro atoms. The van der Waals surface area contributed by atoms with E-state index in [1.54, 1.807) is 11.8 Å². The minimum absolute atomic E-state index is 0.0920. The molecule has 4 nitrogen and oxygen atoms in total. The molecule has 18 heavy (non-hydrogen) atoms. The van der Waals surface area contributed by atoms with Gasteiger partial charge in [-0.1, -0.05) is 12.1 Å². The predicted octanol–water partition coefficient (Wildman–Crippen LogP) is 1.42. The number of amides is 2. The Labute approximate surface area is 112 Å². The van der Waals surface area contributed by atoms with Crippen LogP contribution in [0.5, 0.6) is 0 Å². The van der Waals surface area contributed by atoms with E-state index in [9.17, 15) is 9.59 Å². The van der Waals surface area contributed by atoms with E-state index in [4.69, 9.17) is 0 Å². The first kappa shape index (κ1) is 14.6. The minimum Gasteiger partial charge on any atom is -0.355 e. The molecule has 0 atom stereocenters. The van der Waals surface area contributed by atoms with Gasteiger partial charge in [-0.05, 0) is 24.0 Å². The molecule has 1 aromatic carbocycles. The number of carbonyl (C=O) groups is 2. The highest BCUT2D eigenvalue weighted by Crippen LogP contribution is 2.10. The second kappa shape index (κ2) is 7.76. The quantitative estimate of drug-likeness (QED) is 0.766. The third-order valence-electron chi connectivity index (χ3n) is 2.31. The first-order chi connectivity index (χ1) is 8.63. The Balaban J connectivity index is 2.39. The van der Waals surface area contributed by atoms with Crippen molar-refractivity contribution in [3.63, 3.8) is 0 Å². The standard InChI is InChI=1S/C13H18N2O2S/c1-10(16)14-7-8-15-13(17)12-5-3-11(4-6-12)9-18-2/h3-6H,7-9H2,1-2H3,(H,14,16)(H,15,17). The monoisotopic (exact) mass is 266 g/mol. The lowest BCUT2D eigenvalue weighted by Gasteiger charge is -2.06. The normalized spacial score (nSPS) is 9.89. The summed E-state index contributed by atoms with van der Waals surface area (Å²) in [5.74, 6) is 0.742. The second-order valence-corrected chi connectivity index (χ2v) is 4.73. The summed E-state index contributed by atoms with van der Waals surface area (Å²) < 4.78 is 0. The Bertz CT molecular complexity index is 404. The molecule has 0 fully saturated rings. The molecule has 2 amide bonds. The van der Waals surface area contributed by atoms with Gasteiger partial charge in [0.25, 0.3) is 5.91 Å². The fourth-order valence-corrected chi connectivity index (χ4v) is 1.96. The van der Waals surface area contributed by atoms with E-state index in [-0.39, 0.29) is 11.8 Å². The van der Waals surface area contributed by atoms with Crippen LogP contribution in [-0.2, 0) is 10.5 Å². The molecular weight excluding hydrogens is 248 g/mol. The molecule has 0 radical (unpaired) electrons. The van der Waals surface area contributed by atoms with Crippen LogP contribution in [0, 0.1) is 0 Å². The molecule has 0 aliphatic heterocycles. The van der Waals surface area contributed by atoms with Crippen molar-refractivity contribution >= 4 is 23.6 Å². The molecule has 0 aliphatic carbocycles. The molecular formula is C13H18N2O2S. The summed E-state index contributed by atoms with van der Waals surface area (Å²) in [5, 5.41) is 5.37. The van der Waals surface area contributed by atoms with Crippen molar-refractivity contribution in [3.05, 3.63) is 35.4 Å². The lowest BCUT2D eigenvalue weighted by Crippen LogP contribution is -2.33. The topological polar surface area (TPSA) is 58.2 Å². The van der Waals surface area contributed by atoms with Gasteiger partial charge in [-0.25, -0.2) is 0 Å². The van der Waals surface area contributed by atoms with Gasteiger partial charge in [0, 0.05) is 31.3 Å². The highest BCUT2D eigenvalue weighted by molar-refractivity contribution is 7.97. The molecule has 98 valence electrons. The Morgan fingerprint density at radius 3 is 2.28 bits per heavy atom. The molecule has 0 saturated carbocycles. The Morgan fingerprint density at radius 1 is 1.11 bits per heavy atom. The van der Waals surface area contributed by atoms with Gasteiger partial charge >= 0.3 is 0 Å². The van der Waals surface area contributed by atoms with Crippen molar-refractivity contribution in [2.24, 2.45) is 0 Å². The van der Waals surface area contributed by atoms with Crippen LogP contribution in [0.1, 0.15) is 22.8 Å². The van der Waals surface area contributed by atoms with Gasteiger partial charge in [0.05, 0.1) is 0 Å². The van der Waals surface area contributed by atoms with Crippen LogP contribution < -0.4 is 10.6 Å². The zero-order valence-corrected chi connectivity index (χ0v) is 11.5. The van der Waals surface area contributed by atoms with E-state index < -0.39 is 0 Å². The second-order valence-electron chi connectivity index (χ2n) is 3.87. The van der Waals surface area contributed by atoms with Crippen molar-refractivity contribution < 1.29 is 9.59 Å². The fraction of sp³-hybridized carbons (Fsp3) is 0.385. The first-order valence-electron chi connectivity index (χ1n) is 5.74. The van der Waals surface area contributed by atoms with Crippen LogP contribution in [0.3, 0.4) is 0 Å². The average Bonchev–Trinajstić information content (AvgIpc) is 2.35. The predicted molar refractivity (Wildman–Crippen MR) is 74.7 cm³/mol. The number of hydrogen-bond donors (Lipinski definition) is 2. The van der Waals surface area contributed by atoms with E-state index in [0.717, 1.165) is 5.75 Å². The summed E-state index contributed by atoms with van der Waals surface area (Å²) in [6.07, 6.45) is 2.04. The van der Waals surface area contributed by atoms with Crippen LogP contribution in [0.2, 0.25) is 0 Å². The zero-order valence-electron chi connectivity index (χ0n) is 10.7. The summed E-state index contributed by atoms with van der Waals surface area (Å²) in [6.45, 7) is 2.34. The summed E-state index contributed by atoms with van der Waals surface area (Å²) in [4.78, 5) is 22.4. The summed E-state index contributed by atoms with van der Waals surface area (Å²) >= 11 is 1.75. The SMILES string of the molecule is CSCc1ccc(C(=O)NCCNC(C)=O)cc1. The van der Waals surface area contributed by atoms with E-state index in [0.29, 0.717) is 18.7 Å². The molecule has 0 bridgehead atoms. The first-order valence-corrected chi connectivity index (χ1v) is 7.13. The Hall–Kier alpha value is -1.49. The van der Waals surface area contributed by atoms with Gasteiger partial charge < -0.3 is 10.6 Å². The van der Waals surface area contributed by atoms with Crippen molar-refractivity contribution in [3.8, 4) is 0 Å². The summed E-state index contributed by atoms with van der Waals surface area (Å²) in [5.41, 5.74) is 1.85. The number of thioether (sulfide) groups is 1. The fourth-order valence-electron chi connectivity index (χ4n) is 1.44. The maximum absolute atomic E-state index is 11.7.